The molecule has 2 aromatic heterocycles. The zero-order chi connectivity index (χ0) is 18.8. The number of carbonyl (C=O) groups is 1. The van der Waals surface area contributed by atoms with Gasteiger partial charge in [-0.05, 0) is 12.5 Å². The maximum Gasteiger partial charge on any atom is 0.259 e. The minimum absolute atomic E-state index is 0.158. The van der Waals surface area contributed by atoms with Crippen LogP contribution in [0.3, 0.4) is 0 Å². The van der Waals surface area contributed by atoms with Gasteiger partial charge in [-0.25, -0.2) is 4.98 Å². The number of anilines is 1. The quantitative estimate of drug-likeness (QED) is 0.846. The number of H-pyrrole nitrogens is 1. The minimum Gasteiger partial charge on any atom is -0.481 e. The van der Waals surface area contributed by atoms with Crippen molar-refractivity contribution in [3.63, 3.8) is 0 Å². The van der Waals surface area contributed by atoms with Crippen molar-refractivity contribution in [2.24, 2.45) is 0 Å². The Morgan fingerprint density at radius 2 is 2.00 bits per heavy atom. The van der Waals surface area contributed by atoms with Crippen LogP contribution in [0, 0.1) is 0 Å². The van der Waals surface area contributed by atoms with Crippen molar-refractivity contribution in [3.05, 3.63) is 39.3 Å². The van der Waals surface area contributed by atoms with Crippen molar-refractivity contribution in [2.45, 2.75) is 13.0 Å². The summed E-state index contributed by atoms with van der Waals surface area (Å²) < 4.78 is 10.3. The number of hydrogen-bond donors (Lipinski definition) is 1. The molecule has 1 aliphatic heterocycles. The molecule has 138 valence electrons. The summed E-state index contributed by atoms with van der Waals surface area (Å²) in [6.45, 7) is 0.682. The van der Waals surface area contributed by atoms with E-state index in [1.165, 1.54) is 14.2 Å². The highest BCUT2D eigenvalue weighted by atomic mass is 16.5. The summed E-state index contributed by atoms with van der Waals surface area (Å²) in [4.78, 5) is 39.9. The van der Waals surface area contributed by atoms with Gasteiger partial charge in [-0.1, -0.05) is 0 Å². The van der Waals surface area contributed by atoms with Gasteiger partial charge in [-0.3, -0.25) is 14.6 Å². The van der Waals surface area contributed by atoms with E-state index in [-0.39, 0.29) is 23.9 Å². The number of pyridine rings is 1. The normalized spacial score (nSPS) is 13.2. The van der Waals surface area contributed by atoms with Crippen LogP contribution in [0.1, 0.15) is 21.6 Å². The van der Waals surface area contributed by atoms with Crippen LogP contribution < -0.4 is 19.9 Å². The van der Waals surface area contributed by atoms with Crippen LogP contribution in [0.5, 0.6) is 11.8 Å². The van der Waals surface area contributed by atoms with Gasteiger partial charge < -0.3 is 19.3 Å². The lowest BCUT2D eigenvalue weighted by Gasteiger charge is -2.28. The zero-order valence-electron chi connectivity index (χ0n) is 15.2. The first kappa shape index (κ1) is 17.7. The molecule has 0 radical (unpaired) electrons. The largest absolute Gasteiger partial charge is 0.481 e. The van der Waals surface area contributed by atoms with E-state index in [2.05, 4.69) is 15.0 Å². The average molecular weight is 359 g/mol. The Kier molecular flexibility index (Phi) is 4.79. The van der Waals surface area contributed by atoms with E-state index in [4.69, 9.17) is 9.47 Å². The van der Waals surface area contributed by atoms with Gasteiger partial charge in [0, 0.05) is 32.3 Å². The molecular weight excluding hydrogens is 338 g/mol. The average Bonchev–Trinajstić information content (AvgIpc) is 2.66. The molecule has 2 aromatic rings. The van der Waals surface area contributed by atoms with E-state index < -0.39 is 0 Å². The number of aromatic nitrogens is 3. The molecule has 0 atom stereocenters. The number of ether oxygens (including phenoxy) is 2. The van der Waals surface area contributed by atoms with Crippen molar-refractivity contribution in [3.8, 4) is 11.8 Å². The Hall–Kier alpha value is -3.10. The standard InChI is InChI=1S/C17H21N5O4/c1-21(2)17-18-12-9-22(8-7-10(12)14(23)20-17)16(24)11-5-6-13(25-3)19-15(11)26-4/h5-6H,7-9H2,1-4H3,(H,18,20,23). The molecule has 0 aromatic carbocycles. The Morgan fingerprint density at radius 3 is 2.65 bits per heavy atom. The number of amides is 1. The molecule has 0 fully saturated rings. The smallest absolute Gasteiger partial charge is 0.259 e. The van der Waals surface area contributed by atoms with E-state index in [9.17, 15) is 9.59 Å². The van der Waals surface area contributed by atoms with Crippen LogP contribution in [-0.2, 0) is 13.0 Å². The Balaban J connectivity index is 1.91. The molecule has 0 saturated heterocycles. The lowest BCUT2D eigenvalue weighted by Crippen LogP contribution is -2.39. The number of rotatable bonds is 4. The summed E-state index contributed by atoms with van der Waals surface area (Å²) >= 11 is 0. The molecule has 1 aliphatic rings. The van der Waals surface area contributed by atoms with Crippen molar-refractivity contribution < 1.29 is 14.3 Å². The highest BCUT2D eigenvalue weighted by molar-refractivity contribution is 5.96. The third-order valence-corrected chi connectivity index (χ3v) is 4.24. The molecule has 0 bridgehead atoms. The molecule has 0 unspecified atom stereocenters. The van der Waals surface area contributed by atoms with Crippen molar-refractivity contribution in [2.75, 3.05) is 39.8 Å². The van der Waals surface area contributed by atoms with E-state index >= 15 is 0 Å². The molecule has 26 heavy (non-hydrogen) atoms. The summed E-state index contributed by atoms with van der Waals surface area (Å²) in [6, 6.07) is 3.24. The number of nitrogens with zero attached hydrogens (tertiary/aromatic N) is 4. The van der Waals surface area contributed by atoms with Crippen LogP contribution in [-0.4, -0.2) is 60.6 Å². The Morgan fingerprint density at radius 1 is 1.23 bits per heavy atom. The van der Waals surface area contributed by atoms with E-state index in [0.717, 1.165) is 0 Å². The second-order valence-corrected chi connectivity index (χ2v) is 6.10. The van der Waals surface area contributed by atoms with Gasteiger partial charge in [-0.2, -0.15) is 4.98 Å². The maximum absolute atomic E-state index is 12.9. The molecule has 0 saturated carbocycles. The lowest BCUT2D eigenvalue weighted by atomic mass is 10.1. The fraction of sp³-hybridized carbons (Fsp3) is 0.412. The van der Waals surface area contributed by atoms with Gasteiger partial charge in [0.2, 0.25) is 17.7 Å². The number of fused-ring (bicyclic) bond motifs is 1. The summed E-state index contributed by atoms with van der Waals surface area (Å²) in [7, 11) is 6.54. The first-order chi connectivity index (χ1) is 12.4. The second kappa shape index (κ2) is 7.03. The second-order valence-electron chi connectivity index (χ2n) is 6.10. The zero-order valence-corrected chi connectivity index (χ0v) is 15.2. The number of hydrogen-bond acceptors (Lipinski definition) is 7. The highest BCUT2D eigenvalue weighted by Crippen LogP contribution is 2.24. The third kappa shape index (κ3) is 3.19. The van der Waals surface area contributed by atoms with Gasteiger partial charge in [0.25, 0.3) is 11.5 Å². The molecule has 1 amide bonds. The topological polar surface area (TPSA) is 101 Å². The maximum atomic E-state index is 12.9. The number of carbonyl (C=O) groups excluding carboxylic acids is 1. The molecule has 3 rings (SSSR count). The SMILES string of the molecule is COc1ccc(C(=O)N2CCc3c(nc(N(C)C)[nH]c3=O)C2)c(OC)n1. The molecule has 0 spiro atoms. The fourth-order valence-electron chi connectivity index (χ4n) is 2.84. The number of aromatic amines is 1. The predicted molar refractivity (Wildman–Crippen MR) is 95.0 cm³/mol. The van der Waals surface area contributed by atoms with Crippen LogP contribution in [0.2, 0.25) is 0 Å². The Labute approximate surface area is 150 Å². The predicted octanol–water partition coefficient (Wildman–Crippen LogP) is 0.447. The van der Waals surface area contributed by atoms with E-state index in [1.807, 2.05) is 0 Å². The number of methoxy groups -OCH3 is 2. The number of nitrogens with one attached hydrogen (secondary N) is 1. The van der Waals surface area contributed by atoms with Gasteiger partial charge in [0.1, 0.15) is 5.56 Å². The summed E-state index contributed by atoms with van der Waals surface area (Å²) in [5, 5.41) is 0. The van der Waals surface area contributed by atoms with Gasteiger partial charge in [0.15, 0.2) is 0 Å². The van der Waals surface area contributed by atoms with Crippen molar-refractivity contribution in [1.29, 1.82) is 0 Å². The minimum atomic E-state index is -0.226. The van der Waals surface area contributed by atoms with E-state index in [0.29, 0.717) is 41.6 Å². The third-order valence-electron chi connectivity index (χ3n) is 4.24. The van der Waals surface area contributed by atoms with Crippen LogP contribution in [0.25, 0.3) is 0 Å². The van der Waals surface area contributed by atoms with E-state index in [1.54, 1.807) is 36.0 Å². The van der Waals surface area contributed by atoms with Crippen LogP contribution in [0.4, 0.5) is 5.95 Å². The van der Waals surface area contributed by atoms with Gasteiger partial charge in [0.05, 0.1) is 26.5 Å². The van der Waals surface area contributed by atoms with Crippen LogP contribution >= 0.6 is 0 Å². The fourth-order valence-corrected chi connectivity index (χ4v) is 2.84. The van der Waals surface area contributed by atoms with Crippen LogP contribution in [0.15, 0.2) is 16.9 Å². The first-order valence-electron chi connectivity index (χ1n) is 8.12. The molecule has 0 aliphatic carbocycles. The van der Waals surface area contributed by atoms with Gasteiger partial charge >= 0.3 is 0 Å². The monoisotopic (exact) mass is 359 g/mol. The highest BCUT2D eigenvalue weighted by Gasteiger charge is 2.27. The molecular formula is C17H21N5O4. The molecule has 9 nitrogen and oxygen atoms in total. The van der Waals surface area contributed by atoms with Crippen molar-refractivity contribution >= 4 is 11.9 Å². The summed E-state index contributed by atoms with van der Waals surface area (Å²) in [5.41, 5.74) is 1.42. The summed E-state index contributed by atoms with van der Waals surface area (Å²) in [5.74, 6) is 0.807. The van der Waals surface area contributed by atoms with Crippen molar-refractivity contribution in [1.82, 2.24) is 19.9 Å². The summed E-state index contributed by atoms with van der Waals surface area (Å²) in [6.07, 6.45) is 0.447. The molecule has 3 heterocycles. The Bertz CT molecular complexity index is 893. The molecule has 9 heteroatoms. The lowest BCUT2D eigenvalue weighted by molar-refractivity contribution is 0.0727. The first-order valence-corrected chi connectivity index (χ1v) is 8.12. The molecule has 1 N–H and O–H groups in total. The van der Waals surface area contributed by atoms with Gasteiger partial charge in [-0.15, -0.1) is 0 Å².